The zero-order valence-corrected chi connectivity index (χ0v) is 11.0. The maximum Gasteiger partial charge on any atom is 0.159 e. The summed E-state index contributed by atoms with van der Waals surface area (Å²) in [4.78, 5) is 0. The van der Waals surface area contributed by atoms with Crippen LogP contribution in [0.2, 0.25) is 0 Å². The van der Waals surface area contributed by atoms with Gasteiger partial charge in [0.25, 0.3) is 0 Å². The first kappa shape index (κ1) is 13.5. The van der Waals surface area contributed by atoms with Crippen LogP contribution < -0.4 is 0 Å². The number of halogens is 2. The van der Waals surface area contributed by atoms with Crippen molar-refractivity contribution in [3.8, 4) is 0 Å². The Kier molecular flexibility index (Phi) is 4.00. The van der Waals surface area contributed by atoms with Crippen molar-refractivity contribution in [1.29, 1.82) is 0 Å². The van der Waals surface area contributed by atoms with Gasteiger partial charge in [-0.2, -0.15) is 0 Å². The maximum absolute atomic E-state index is 13.4. The van der Waals surface area contributed by atoms with Gasteiger partial charge in [0.1, 0.15) is 0 Å². The van der Waals surface area contributed by atoms with E-state index < -0.39 is 17.2 Å². The number of hydrogen-bond donors (Lipinski definition) is 0. The lowest BCUT2D eigenvalue weighted by atomic mass is 9.74. The summed E-state index contributed by atoms with van der Waals surface area (Å²) in [5.74, 6) is -0.854. The molecule has 18 heavy (non-hydrogen) atoms. The van der Waals surface area contributed by atoms with Gasteiger partial charge in [-0.3, -0.25) is 0 Å². The Labute approximate surface area is 107 Å². The van der Waals surface area contributed by atoms with Crippen LogP contribution in [-0.2, 0) is 10.3 Å². The highest BCUT2D eigenvalue weighted by molar-refractivity contribution is 5.25. The predicted octanol–water partition coefficient (Wildman–Crippen LogP) is 4.41. The van der Waals surface area contributed by atoms with E-state index >= 15 is 0 Å². The molecule has 0 heterocycles. The van der Waals surface area contributed by atoms with Gasteiger partial charge in [-0.25, -0.2) is 8.78 Å². The Bertz CT molecular complexity index is 409. The largest absolute Gasteiger partial charge is 0.374 e. The van der Waals surface area contributed by atoms with Gasteiger partial charge in [0.05, 0.1) is 5.60 Å². The first-order valence-corrected chi connectivity index (χ1v) is 6.62. The fourth-order valence-electron chi connectivity index (χ4n) is 2.94. The van der Waals surface area contributed by atoms with Gasteiger partial charge in [-0.15, -0.1) is 0 Å². The Morgan fingerprint density at radius 1 is 1.22 bits per heavy atom. The Balaban J connectivity index is 2.25. The minimum absolute atomic E-state index is 0.430. The number of methoxy groups -OCH3 is 1. The molecule has 1 saturated carbocycles. The predicted molar refractivity (Wildman–Crippen MR) is 67.3 cm³/mol. The average molecular weight is 254 g/mol. The summed E-state index contributed by atoms with van der Waals surface area (Å²) < 4.78 is 32.0. The molecule has 0 atom stereocenters. The van der Waals surface area contributed by atoms with Crippen molar-refractivity contribution in [3.63, 3.8) is 0 Å². The van der Waals surface area contributed by atoms with Crippen molar-refractivity contribution < 1.29 is 13.5 Å². The lowest BCUT2D eigenvalue weighted by molar-refractivity contribution is -0.0550. The van der Waals surface area contributed by atoms with E-state index in [9.17, 15) is 8.78 Å². The molecule has 0 saturated heterocycles. The highest BCUT2D eigenvalue weighted by atomic mass is 19.2. The van der Waals surface area contributed by atoms with Crippen molar-refractivity contribution >= 4 is 0 Å². The van der Waals surface area contributed by atoms with E-state index in [0.717, 1.165) is 37.2 Å². The monoisotopic (exact) mass is 254 g/mol. The van der Waals surface area contributed by atoms with Crippen molar-refractivity contribution in [1.82, 2.24) is 0 Å². The van der Waals surface area contributed by atoms with E-state index in [1.807, 2.05) is 0 Å². The summed E-state index contributed by atoms with van der Waals surface area (Å²) in [5.41, 5.74) is 0.332. The molecular formula is C15H20F2O. The Hall–Kier alpha value is -0.960. The van der Waals surface area contributed by atoms with Crippen LogP contribution in [0.4, 0.5) is 8.78 Å². The average Bonchev–Trinajstić information content (AvgIpc) is 2.42. The summed E-state index contributed by atoms with van der Waals surface area (Å²) in [6.07, 6.45) is 5.12. The second-order valence-electron chi connectivity index (χ2n) is 5.18. The second-order valence-corrected chi connectivity index (χ2v) is 5.18. The molecule has 1 aliphatic carbocycles. The zero-order chi connectivity index (χ0) is 13.2. The second kappa shape index (κ2) is 5.35. The molecule has 1 aromatic carbocycles. The van der Waals surface area contributed by atoms with Gasteiger partial charge in [-0.1, -0.05) is 19.4 Å². The van der Waals surface area contributed by atoms with Crippen LogP contribution in [0.5, 0.6) is 0 Å². The number of ether oxygens (including phenoxy) is 1. The van der Waals surface area contributed by atoms with E-state index in [4.69, 9.17) is 4.74 Å². The molecule has 0 amide bonds. The molecule has 3 heteroatoms. The van der Waals surface area contributed by atoms with Gasteiger partial charge in [-0.05, 0) is 49.3 Å². The molecule has 2 rings (SSSR count). The molecule has 100 valence electrons. The van der Waals surface area contributed by atoms with Crippen LogP contribution in [0.3, 0.4) is 0 Å². The van der Waals surface area contributed by atoms with E-state index in [0.29, 0.717) is 0 Å². The molecular weight excluding hydrogens is 234 g/mol. The lowest BCUT2D eigenvalue weighted by Crippen LogP contribution is -2.33. The minimum atomic E-state index is -0.799. The molecule has 1 aliphatic rings. The van der Waals surface area contributed by atoms with Crippen LogP contribution in [0.25, 0.3) is 0 Å². The lowest BCUT2D eigenvalue weighted by Gasteiger charge is -2.39. The van der Waals surface area contributed by atoms with Crippen molar-refractivity contribution in [2.24, 2.45) is 5.92 Å². The van der Waals surface area contributed by atoms with E-state index in [2.05, 4.69) is 6.92 Å². The van der Waals surface area contributed by atoms with E-state index in [1.165, 1.54) is 18.6 Å². The molecule has 0 radical (unpaired) electrons. The van der Waals surface area contributed by atoms with Gasteiger partial charge in [0, 0.05) is 7.11 Å². The molecule has 0 aromatic heterocycles. The topological polar surface area (TPSA) is 9.23 Å². The van der Waals surface area contributed by atoms with Crippen LogP contribution in [0.1, 0.15) is 44.6 Å². The van der Waals surface area contributed by atoms with Gasteiger partial charge < -0.3 is 4.74 Å². The number of hydrogen-bond acceptors (Lipinski definition) is 1. The first-order chi connectivity index (χ1) is 8.61. The summed E-state index contributed by atoms with van der Waals surface area (Å²) in [7, 11) is 1.66. The third kappa shape index (κ3) is 2.41. The molecule has 0 bridgehead atoms. The van der Waals surface area contributed by atoms with Crippen molar-refractivity contribution in [3.05, 3.63) is 35.4 Å². The number of benzene rings is 1. The summed E-state index contributed by atoms with van der Waals surface area (Å²) >= 11 is 0. The third-order valence-corrected chi connectivity index (χ3v) is 4.33. The van der Waals surface area contributed by atoms with Crippen LogP contribution in [-0.4, -0.2) is 7.11 Å². The molecule has 0 spiro atoms. The smallest absolute Gasteiger partial charge is 0.159 e. The molecule has 1 nitrogen and oxygen atoms in total. The Morgan fingerprint density at radius 3 is 2.39 bits per heavy atom. The van der Waals surface area contributed by atoms with Crippen LogP contribution in [0.15, 0.2) is 18.2 Å². The van der Waals surface area contributed by atoms with Crippen molar-refractivity contribution in [2.75, 3.05) is 7.11 Å². The van der Waals surface area contributed by atoms with E-state index in [1.54, 1.807) is 13.2 Å². The van der Waals surface area contributed by atoms with Crippen LogP contribution in [0, 0.1) is 17.6 Å². The third-order valence-electron chi connectivity index (χ3n) is 4.33. The zero-order valence-electron chi connectivity index (χ0n) is 11.0. The highest BCUT2D eigenvalue weighted by Gasteiger charge is 2.36. The van der Waals surface area contributed by atoms with Gasteiger partial charge in [0.2, 0.25) is 0 Å². The van der Waals surface area contributed by atoms with Gasteiger partial charge >= 0.3 is 0 Å². The van der Waals surface area contributed by atoms with E-state index in [-0.39, 0.29) is 0 Å². The molecule has 0 aliphatic heterocycles. The Morgan fingerprint density at radius 2 is 1.89 bits per heavy atom. The van der Waals surface area contributed by atoms with Gasteiger partial charge in [0.15, 0.2) is 11.6 Å². The number of rotatable bonds is 3. The molecule has 1 aromatic rings. The van der Waals surface area contributed by atoms with Crippen molar-refractivity contribution in [2.45, 2.75) is 44.6 Å². The summed E-state index contributed by atoms with van der Waals surface area (Å²) in [6.45, 7) is 2.20. The molecule has 1 fully saturated rings. The summed E-state index contributed by atoms with van der Waals surface area (Å²) in [6, 6.07) is 4.12. The summed E-state index contributed by atoms with van der Waals surface area (Å²) in [5, 5.41) is 0. The normalized spacial score (nSPS) is 28.3. The fraction of sp³-hybridized carbons (Fsp3) is 0.600. The first-order valence-electron chi connectivity index (χ1n) is 6.62. The van der Waals surface area contributed by atoms with Crippen LogP contribution >= 0.6 is 0 Å². The fourth-order valence-corrected chi connectivity index (χ4v) is 2.94. The quantitative estimate of drug-likeness (QED) is 0.776. The highest BCUT2D eigenvalue weighted by Crippen LogP contribution is 2.43. The maximum atomic E-state index is 13.4. The standard InChI is InChI=1S/C15H20F2O/c1-3-11-6-8-15(18-2,9-7-11)12-4-5-13(16)14(17)10-12/h4-5,10-11H,3,6-9H2,1-2H3/t11-,15+. The molecule has 0 N–H and O–H groups in total. The minimum Gasteiger partial charge on any atom is -0.374 e. The molecule has 0 unspecified atom stereocenters. The SMILES string of the molecule is CC[C@H]1CC[C@](OC)(c2ccc(F)c(F)c2)CC1.